The Hall–Kier alpha value is -1.53. The van der Waals surface area contributed by atoms with Crippen molar-refractivity contribution in [3.05, 3.63) is 36.0 Å². The molecular weight excluding hydrogens is 279 g/mol. The van der Waals surface area contributed by atoms with Crippen molar-refractivity contribution in [2.24, 2.45) is 0 Å². The summed E-state index contributed by atoms with van der Waals surface area (Å²) in [7, 11) is 0. The van der Waals surface area contributed by atoms with Gasteiger partial charge in [-0.25, -0.2) is 0 Å². The van der Waals surface area contributed by atoms with Crippen LogP contribution in [0.15, 0.2) is 30.5 Å². The van der Waals surface area contributed by atoms with Crippen molar-refractivity contribution in [3.8, 4) is 0 Å². The van der Waals surface area contributed by atoms with Gasteiger partial charge < -0.3 is 10.3 Å². The van der Waals surface area contributed by atoms with E-state index in [1.54, 1.807) is 6.20 Å². The topological polar surface area (TPSA) is 31.1 Å². The first-order valence-corrected chi connectivity index (χ1v) is 7.11. The van der Waals surface area contributed by atoms with E-state index < -0.39 is 18.6 Å². The van der Waals surface area contributed by atoms with Gasteiger partial charge in [-0.3, -0.25) is 4.90 Å². The number of piperazine rings is 1. The van der Waals surface area contributed by atoms with Gasteiger partial charge in [-0.15, -0.1) is 0 Å². The van der Waals surface area contributed by atoms with Crippen LogP contribution >= 0.6 is 0 Å². The van der Waals surface area contributed by atoms with Crippen LogP contribution in [0.5, 0.6) is 0 Å². The van der Waals surface area contributed by atoms with Gasteiger partial charge in [0.2, 0.25) is 0 Å². The van der Waals surface area contributed by atoms with Crippen LogP contribution in [0, 0.1) is 0 Å². The first kappa shape index (κ1) is 14.4. The third-order valence-electron chi connectivity index (χ3n) is 3.98. The lowest BCUT2D eigenvalue weighted by Gasteiger charge is -2.35. The molecule has 1 aromatic carbocycles. The number of nitrogens with one attached hydrogen (secondary N) is 2. The highest BCUT2D eigenvalue weighted by Crippen LogP contribution is 2.34. The molecule has 2 heterocycles. The van der Waals surface area contributed by atoms with Crippen LogP contribution in [0.3, 0.4) is 0 Å². The number of fused-ring (bicyclic) bond motifs is 1. The number of hydrogen-bond acceptors (Lipinski definition) is 2. The Kier molecular flexibility index (Phi) is 3.91. The van der Waals surface area contributed by atoms with Gasteiger partial charge in [0.25, 0.3) is 0 Å². The predicted molar refractivity (Wildman–Crippen MR) is 76.2 cm³/mol. The van der Waals surface area contributed by atoms with E-state index in [-0.39, 0.29) is 0 Å². The fraction of sp³-hybridized carbons (Fsp3) is 0.467. The minimum Gasteiger partial charge on any atom is -0.361 e. The van der Waals surface area contributed by atoms with Crippen LogP contribution in [-0.4, -0.2) is 42.2 Å². The summed E-state index contributed by atoms with van der Waals surface area (Å²) >= 11 is 0. The van der Waals surface area contributed by atoms with Crippen LogP contribution < -0.4 is 5.32 Å². The number of alkyl halides is 3. The van der Waals surface area contributed by atoms with Crippen molar-refractivity contribution < 1.29 is 13.2 Å². The summed E-state index contributed by atoms with van der Waals surface area (Å²) in [6.07, 6.45) is -3.17. The number of nitrogens with zero attached hydrogens (tertiary/aromatic N) is 1. The number of H-pyrrole nitrogens is 1. The lowest BCUT2D eigenvalue weighted by molar-refractivity contribution is -0.148. The molecule has 0 unspecified atom stereocenters. The van der Waals surface area contributed by atoms with Gasteiger partial charge >= 0.3 is 6.18 Å². The Morgan fingerprint density at radius 2 is 1.90 bits per heavy atom. The van der Waals surface area contributed by atoms with Gasteiger partial charge in [-0.05, 0) is 23.1 Å². The lowest BCUT2D eigenvalue weighted by atomic mass is 9.99. The maximum atomic E-state index is 13.0. The van der Waals surface area contributed by atoms with Crippen LogP contribution in [0.2, 0.25) is 0 Å². The van der Waals surface area contributed by atoms with Crippen molar-refractivity contribution in [2.75, 3.05) is 26.2 Å². The first-order valence-electron chi connectivity index (χ1n) is 7.11. The molecule has 1 aromatic heterocycles. The second-order valence-electron chi connectivity index (χ2n) is 5.45. The number of rotatable bonds is 3. The second kappa shape index (κ2) is 5.69. The molecule has 3 nitrogen and oxygen atoms in total. The van der Waals surface area contributed by atoms with E-state index in [9.17, 15) is 13.2 Å². The zero-order chi connectivity index (χ0) is 14.9. The number of benzene rings is 1. The molecule has 1 aliphatic rings. The van der Waals surface area contributed by atoms with Crippen molar-refractivity contribution in [2.45, 2.75) is 18.6 Å². The molecule has 0 spiro atoms. The van der Waals surface area contributed by atoms with Crippen molar-refractivity contribution >= 4 is 10.9 Å². The zero-order valence-corrected chi connectivity index (χ0v) is 11.6. The fourth-order valence-electron chi connectivity index (χ4n) is 2.94. The highest BCUT2D eigenvalue weighted by Gasteiger charge is 2.36. The monoisotopic (exact) mass is 297 g/mol. The molecule has 21 heavy (non-hydrogen) atoms. The zero-order valence-electron chi connectivity index (χ0n) is 11.6. The Morgan fingerprint density at radius 1 is 1.14 bits per heavy atom. The summed E-state index contributed by atoms with van der Waals surface area (Å²) in [6.45, 7) is 2.76. The van der Waals surface area contributed by atoms with Crippen LogP contribution in [0.1, 0.15) is 18.0 Å². The summed E-state index contributed by atoms with van der Waals surface area (Å²) in [6, 6.07) is 6.84. The average molecular weight is 297 g/mol. The molecule has 0 amide bonds. The van der Waals surface area contributed by atoms with E-state index >= 15 is 0 Å². The summed E-state index contributed by atoms with van der Waals surface area (Å²) in [5.41, 5.74) is 1.61. The van der Waals surface area contributed by atoms with E-state index in [2.05, 4.69) is 10.3 Å². The maximum absolute atomic E-state index is 13.0. The third kappa shape index (κ3) is 3.39. The van der Waals surface area contributed by atoms with E-state index in [0.29, 0.717) is 13.1 Å². The largest absolute Gasteiger partial charge is 0.390 e. The van der Waals surface area contributed by atoms with Gasteiger partial charge in [0.1, 0.15) is 0 Å². The average Bonchev–Trinajstić information content (AvgIpc) is 2.92. The van der Waals surface area contributed by atoms with E-state index in [1.165, 1.54) is 0 Å². The Bertz CT molecular complexity index is 599. The molecule has 1 saturated heterocycles. The number of aromatic amines is 1. The minimum absolute atomic E-state index is 0.611. The highest BCUT2D eigenvalue weighted by atomic mass is 19.4. The SMILES string of the molecule is FC(F)(F)C[C@H](c1ccc2cc[nH]c2c1)N1CCNCC1. The molecule has 0 radical (unpaired) electrons. The van der Waals surface area contributed by atoms with Gasteiger partial charge in [0.15, 0.2) is 0 Å². The van der Waals surface area contributed by atoms with Crippen molar-refractivity contribution in [1.82, 2.24) is 15.2 Å². The minimum atomic E-state index is -4.17. The molecule has 6 heteroatoms. The molecule has 0 saturated carbocycles. The molecule has 0 bridgehead atoms. The summed E-state index contributed by atoms with van der Waals surface area (Å²) in [5.74, 6) is 0. The third-order valence-corrected chi connectivity index (χ3v) is 3.98. The summed E-state index contributed by atoms with van der Waals surface area (Å²) in [5, 5.41) is 4.20. The summed E-state index contributed by atoms with van der Waals surface area (Å²) in [4.78, 5) is 4.99. The highest BCUT2D eigenvalue weighted by molar-refractivity contribution is 5.79. The van der Waals surface area contributed by atoms with Crippen LogP contribution in [-0.2, 0) is 0 Å². The fourth-order valence-corrected chi connectivity index (χ4v) is 2.94. The summed E-state index contributed by atoms with van der Waals surface area (Å²) < 4.78 is 38.9. The smallest absolute Gasteiger partial charge is 0.361 e. The molecule has 1 atom stereocenters. The van der Waals surface area contributed by atoms with Crippen molar-refractivity contribution in [1.29, 1.82) is 0 Å². The lowest BCUT2D eigenvalue weighted by Crippen LogP contribution is -2.46. The normalized spacial score (nSPS) is 19.0. The molecular formula is C15H18F3N3. The van der Waals surface area contributed by atoms with E-state index in [1.807, 2.05) is 29.2 Å². The second-order valence-corrected chi connectivity index (χ2v) is 5.45. The molecule has 1 aliphatic heterocycles. The first-order chi connectivity index (χ1) is 10.0. The van der Waals surface area contributed by atoms with Gasteiger partial charge in [-0.1, -0.05) is 12.1 Å². The van der Waals surface area contributed by atoms with Gasteiger partial charge in [0, 0.05) is 43.9 Å². The predicted octanol–water partition coefficient (Wildman–Crippen LogP) is 3.07. The molecule has 0 aliphatic carbocycles. The van der Waals surface area contributed by atoms with Gasteiger partial charge in [-0.2, -0.15) is 13.2 Å². The number of hydrogen-bond donors (Lipinski definition) is 2. The van der Waals surface area contributed by atoms with Crippen LogP contribution in [0.25, 0.3) is 10.9 Å². The molecule has 2 N–H and O–H groups in total. The molecule has 1 fully saturated rings. The van der Waals surface area contributed by atoms with Gasteiger partial charge in [0.05, 0.1) is 6.42 Å². The quantitative estimate of drug-likeness (QED) is 0.912. The molecule has 3 rings (SSSR count). The Balaban J connectivity index is 1.92. The Morgan fingerprint density at radius 3 is 2.62 bits per heavy atom. The number of halogens is 3. The maximum Gasteiger partial charge on any atom is 0.390 e. The van der Waals surface area contributed by atoms with E-state index in [0.717, 1.165) is 29.6 Å². The standard InChI is InChI=1S/C15H18F3N3/c16-15(17,18)10-14(21-7-5-19-6-8-21)12-2-1-11-3-4-20-13(11)9-12/h1-4,9,14,19-20H,5-8,10H2/t14-/m1/s1. The molecule has 2 aromatic rings. The number of aromatic nitrogens is 1. The van der Waals surface area contributed by atoms with Crippen LogP contribution in [0.4, 0.5) is 13.2 Å². The Labute approximate surface area is 121 Å². The van der Waals surface area contributed by atoms with Crippen molar-refractivity contribution in [3.63, 3.8) is 0 Å². The molecule has 114 valence electrons. The van der Waals surface area contributed by atoms with E-state index in [4.69, 9.17) is 0 Å².